The molecule has 2 aliphatic rings. The third-order valence-electron chi connectivity index (χ3n) is 5.21. The molecule has 28 heavy (non-hydrogen) atoms. The molecule has 0 bridgehead atoms. The zero-order chi connectivity index (χ0) is 19.4. The van der Waals surface area contributed by atoms with Crippen molar-refractivity contribution in [2.75, 3.05) is 44.3 Å². The predicted octanol–water partition coefficient (Wildman–Crippen LogP) is 1.47. The lowest BCUT2D eigenvalue weighted by atomic mass is 10.2. The van der Waals surface area contributed by atoms with E-state index in [1.165, 1.54) is 11.8 Å². The molecule has 1 aromatic heterocycles. The Morgan fingerprint density at radius 3 is 2.57 bits per heavy atom. The van der Waals surface area contributed by atoms with Gasteiger partial charge in [-0.2, -0.15) is 0 Å². The number of nitrogens with one attached hydrogen (secondary N) is 1. The first-order chi connectivity index (χ1) is 13.6. The monoisotopic (exact) mass is 402 g/mol. The van der Waals surface area contributed by atoms with Crippen LogP contribution in [0.5, 0.6) is 0 Å². The largest absolute Gasteiger partial charge is 0.378 e. The number of rotatable bonds is 6. The lowest BCUT2D eigenvalue weighted by molar-refractivity contribution is 0.122. The van der Waals surface area contributed by atoms with Crippen molar-refractivity contribution in [3.05, 3.63) is 54.2 Å². The number of benzene rings is 1. The van der Waals surface area contributed by atoms with Gasteiger partial charge in [-0.3, -0.25) is 4.90 Å². The highest BCUT2D eigenvalue weighted by molar-refractivity contribution is 7.89. The van der Waals surface area contributed by atoms with Gasteiger partial charge in [0.2, 0.25) is 10.0 Å². The molecule has 0 radical (unpaired) electrons. The lowest BCUT2D eigenvalue weighted by Gasteiger charge is -2.27. The average Bonchev–Trinajstić information content (AvgIpc) is 3.15. The van der Waals surface area contributed by atoms with Crippen molar-refractivity contribution in [1.29, 1.82) is 0 Å². The predicted molar refractivity (Wildman–Crippen MR) is 108 cm³/mol. The molecule has 3 heterocycles. The number of anilines is 1. The molecule has 1 aromatic carbocycles. The minimum absolute atomic E-state index is 0.0763. The van der Waals surface area contributed by atoms with Gasteiger partial charge >= 0.3 is 0 Å². The van der Waals surface area contributed by atoms with Gasteiger partial charge in [-0.05, 0) is 24.1 Å². The summed E-state index contributed by atoms with van der Waals surface area (Å²) >= 11 is 0. The molecular formula is C20H26N4O3S. The Morgan fingerprint density at radius 2 is 1.86 bits per heavy atom. The fourth-order valence-electron chi connectivity index (χ4n) is 3.71. The molecule has 8 heteroatoms. The molecule has 2 aliphatic heterocycles. The SMILES string of the molecule is O=S(=O)(N[C@@H]1CCN(Cc2ccccc2)C1)c1ccc(N2CCOCC2)nc1. The van der Waals surface area contributed by atoms with Crippen LogP contribution in [0.4, 0.5) is 5.82 Å². The Labute approximate surface area is 166 Å². The van der Waals surface area contributed by atoms with Gasteiger partial charge in [0, 0.05) is 45.0 Å². The van der Waals surface area contributed by atoms with E-state index in [9.17, 15) is 8.42 Å². The number of sulfonamides is 1. The highest BCUT2D eigenvalue weighted by Gasteiger charge is 2.27. The van der Waals surface area contributed by atoms with Crippen molar-refractivity contribution in [3.63, 3.8) is 0 Å². The summed E-state index contributed by atoms with van der Waals surface area (Å²) in [6, 6.07) is 13.6. The standard InChI is InChI=1S/C20H26N4O3S/c25-28(26,19-6-7-20(21-14-19)24-10-12-27-13-11-24)22-18-8-9-23(16-18)15-17-4-2-1-3-5-17/h1-7,14,18,22H,8-13,15-16H2/t18-/m1/s1. The first-order valence-corrected chi connectivity index (χ1v) is 11.2. The molecule has 0 saturated carbocycles. The van der Waals surface area contributed by atoms with Crippen LogP contribution in [0.15, 0.2) is 53.6 Å². The number of hydrogen-bond acceptors (Lipinski definition) is 6. The number of aromatic nitrogens is 1. The van der Waals surface area contributed by atoms with E-state index in [0.29, 0.717) is 19.8 Å². The van der Waals surface area contributed by atoms with Crippen LogP contribution in [-0.4, -0.2) is 63.7 Å². The fraction of sp³-hybridized carbons (Fsp3) is 0.450. The van der Waals surface area contributed by atoms with E-state index in [1.807, 2.05) is 18.2 Å². The van der Waals surface area contributed by atoms with Crippen molar-refractivity contribution >= 4 is 15.8 Å². The minimum Gasteiger partial charge on any atom is -0.378 e. The summed E-state index contributed by atoms with van der Waals surface area (Å²) in [5.74, 6) is 0.789. The summed E-state index contributed by atoms with van der Waals surface area (Å²) in [6.07, 6.45) is 2.26. The molecular weight excluding hydrogens is 376 g/mol. The van der Waals surface area contributed by atoms with E-state index in [-0.39, 0.29) is 10.9 Å². The number of ether oxygens (including phenoxy) is 1. The van der Waals surface area contributed by atoms with E-state index in [0.717, 1.165) is 38.4 Å². The third-order valence-corrected chi connectivity index (χ3v) is 6.72. The fourth-order valence-corrected chi connectivity index (χ4v) is 4.92. The van der Waals surface area contributed by atoms with Crippen molar-refractivity contribution in [3.8, 4) is 0 Å². The average molecular weight is 403 g/mol. The van der Waals surface area contributed by atoms with Crippen LogP contribution in [0, 0.1) is 0 Å². The molecule has 1 N–H and O–H groups in total. The van der Waals surface area contributed by atoms with Crippen LogP contribution >= 0.6 is 0 Å². The maximum atomic E-state index is 12.7. The smallest absolute Gasteiger partial charge is 0.242 e. The number of pyridine rings is 1. The molecule has 2 fully saturated rings. The van der Waals surface area contributed by atoms with Crippen molar-refractivity contribution < 1.29 is 13.2 Å². The molecule has 2 aromatic rings. The van der Waals surface area contributed by atoms with Gasteiger partial charge in [0.25, 0.3) is 0 Å². The molecule has 0 unspecified atom stereocenters. The molecule has 1 atom stereocenters. The second kappa shape index (κ2) is 8.57. The number of morpholine rings is 1. The first kappa shape index (κ1) is 19.3. The minimum atomic E-state index is -3.57. The second-order valence-electron chi connectivity index (χ2n) is 7.28. The lowest BCUT2D eigenvalue weighted by Crippen LogP contribution is -2.37. The zero-order valence-corrected chi connectivity index (χ0v) is 16.6. The van der Waals surface area contributed by atoms with Crippen molar-refractivity contribution in [2.24, 2.45) is 0 Å². The Bertz CT molecular complexity index is 868. The van der Waals surface area contributed by atoms with Gasteiger partial charge in [-0.15, -0.1) is 0 Å². The Hall–Kier alpha value is -2.00. The molecule has 150 valence electrons. The molecule has 2 saturated heterocycles. The first-order valence-electron chi connectivity index (χ1n) is 9.67. The van der Waals surface area contributed by atoms with E-state index < -0.39 is 10.0 Å². The molecule has 0 amide bonds. The highest BCUT2D eigenvalue weighted by Crippen LogP contribution is 2.18. The Morgan fingerprint density at radius 1 is 1.07 bits per heavy atom. The zero-order valence-electron chi connectivity index (χ0n) is 15.8. The highest BCUT2D eigenvalue weighted by atomic mass is 32.2. The molecule has 4 rings (SSSR count). The number of nitrogens with zero attached hydrogens (tertiary/aromatic N) is 3. The topological polar surface area (TPSA) is 74.8 Å². The third kappa shape index (κ3) is 4.70. The van der Waals surface area contributed by atoms with Crippen LogP contribution in [-0.2, 0) is 21.3 Å². The summed E-state index contributed by atoms with van der Waals surface area (Å²) in [5.41, 5.74) is 1.24. The van der Waals surface area contributed by atoms with Crippen LogP contribution in [0.25, 0.3) is 0 Å². The second-order valence-corrected chi connectivity index (χ2v) is 8.99. The maximum absolute atomic E-state index is 12.7. The number of hydrogen-bond donors (Lipinski definition) is 1. The van der Waals surface area contributed by atoms with Crippen molar-refractivity contribution in [1.82, 2.24) is 14.6 Å². The van der Waals surface area contributed by atoms with Crippen molar-refractivity contribution in [2.45, 2.75) is 23.9 Å². The van der Waals surface area contributed by atoms with Gasteiger partial charge in [-0.1, -0.05) is 30.3 Å². The van der Waals surface area contributed by atoms with Gasteiger partial charge < -0.3 is 9.64 Å². The van der Waals surface area contributed by atoms with Crippen LogP contribution in [0.1, 0.15) is 12.0 Å². The van der Waals surface area contributed by atoms with Gasteiger partial charge in [0.15, 0.2) is 0 Å². The summed E-state index contributed by atoms with van der Waals surface area (Å²) in [7, 11) is -3.57. The number of likely N-dealkylation sites (tertiary alicyclic amines) is 1. The summed E-state index contributed by atoms with van der Waals surface area (Å²) in [5, 5.41) is 0. The summed E-state index contributed by atoms with van der Waals surface area (Å²) < 4.78 is 33.7. The Balaban J connectivity index is 1.35. The van der Waals surface area contributed by atoms with Gasteiger partial charge in [0.1, 0.15) is 10.7 Å². The molecule has 7 nitrogen and oxygen atoms in total. The van der Waals surface area contributed by atoms with Crippen LogP contribution < -0.4 is 9.62 Å². The molecule has 0 spiro atoms. The van der Waals surface area contributed by atoms with E-state index in [4.69, 9.17) is 4.74 Å². The van der Waals surface area contributed by atoms with E-state index in [1.54, 1.807) is 12.1 Å². The van der Waals surface area contributed by atoms with Crippen LogP contribution in [0.3, 0.4) is 0 Å². The van der Waals surface area contributed by atoms with Gasteiger partial charge in [-0.25, -0.2) is 18.1 Å². The normalized spacial score (nSPS) is 21.1. The van der Waals surface area contributed by atoms with E-state index in [2.05, 4.69) is 31.6 Å². The quantitative estimate of drug-likeness (QED) is 0.789. The van der Waals surface area contributed by atoms with Gasteiger partial charge in [0.05, 0.1) is 13.2 Å². The summed E-state index contributed by atoms with van der Waals surface area (Å²) in [6.45, 7) is 5.33. The molecule has 0 aliphatic carbocycles. The maximum Gasteiger partial charge on any atom is 0.242 e. The summed E-state index contributed by atoms with van der Waals surface area (Å²) in [4.78, 5) is 8.95. The Kier molecular flexibility index (Phi) is 5.91. The van der Waals surface area contributed by atoms with E-state index >= 15 is 0 Å². The van der Waals surface area contributed by atoms with Crippen LogP contribution in [0.2, 0.25) is 0 Å².